The van der Waals surface area contributed by atoms with E-state index in [1.54, 1.807) is 0 Å². The van der Waals surface area contributed by atoms with Crippen LogP contribution >= 0.6 is 11.8 Å². The first kappa shape index (κ1) is 16.5. The molecular weight excluding hydrogens is 297 g/mol. The molecule has 0 aliphatic carbocycles. The van der Waals surface area contributed by atoms with E-state index in [0.29, 0.717) is 11.3 Å². The zero-order chi connectivity index (χ0) is 15.5. The average Bonchev–Trinajstić information content (AvgIpc) is 2.27. The van der Waals surface area contributed by atoms with Crippen molar-refractivity contribution in [2.75, 3.05) is 5.75 Å². The Morgan fingerprint density at radius 3 is 2.50 bits per heavy atom. The maximum Gasteiger partial charge on any atom is 0.441 e. The number of alkyl halides is 3. The quantitative estimate of drug-likeness (QED) is 0.897. The molecular formula is C11H13F3N2O3S. The van der Waals surface area contributed by atoms with E-state index in [9.17, 15) is 22.8 Å². The molecule has 5 nitrogen and oxygen atoms in total. The van der Waals surface area contributed by atoms with Crippen LogP contribution in [-0.4, -0.2) is 31.9 Å². The van der Waals surface area contributed by atoms with Gasteiger partial charge in [0.15, 0.2) is 0 Å². The zero-order valence-electron chi connectivity index (χ0n) is 10.8. The van der Waals surface area contributed by atoms with Crippen LogP contribution < -0.4 is 5.69 Å². The molecule has 0 amide bonds. The second kappa shape index (κ2) is 6.29. The highest BCUT2D eigenvalue weighted by atomic mass is 32.2. The van der Waals surface area contributed by atoms with Crippen LogP contribution in [0.4, 0.5) is 13.2 Å². The van der Waals surface area contributed by atoms with Crippen LogP contribution in [0, 0.1) is 13.8 Å². The fraction of sp³-hybridized carbons (Fsp3) is 0.545. The molecule has 0 aromatic carbocycles. The number of nitrogens with zero attached hydrogens (tertiary/aromatic N) is 2. The Labute approximate surface area is 116 Å². The molecule has 1 heterocycles. The van der Waals surface area contributed by atoms with Crippen LogP contribution in [0.3, 0.4) is 0 Å². The topological polar surface area (TPSA) is 72.2 Å². The Morgan fingerprint density at radius 2 is 2.00 bits per heavy atom. The van der Waals surface area contributed by atoms with Crippen molar-refractivity contribution in [2.24, 2.45) is 0 Å². The van der Waals surface area contributed by atoms with Crippen molar-refractivity contribution in [3.05, 3.63) is 27.4 Å². The van der Waals surface area contributed by atoms with Crippen LogP contribution in [0.1, 0.15) is 17.0 Å². The molecule has 112 valence electrons. The lowest BCUT2D eigenvalue weighted by atomic mass is 10.1. The first-order valence-electron chi connectivity index (χ1n) is 5.61. The van der Waals surface area contributed by atoms with Crippen molar-refractivity contribution >= 4 is 17.7 Å². The van der Waals surface area contributed by atoms with E-state index in [2.05, 4.69) is 4.98 Å². The normalized spacial score (nSPS) is 11.7. The number of rotatable bonds is 5. The van der Waals surface area contributed by atoms with E-state index < -0.39 is 17.2 Å². The minimum Gasteiger partial charge on any atom is -0.481 e. The summed E-state index contributed by atoms with van der Waals surface area (Å²) in [4.78, 5) is 26.1. The predicted octanol–water partition coefficient (Wildman–Crippen LogP) is 1.74. The number of thioether (sulfide) groups is 1. The highest BCUT2D eigenvalue weighted by Crippen LogP contribution is 2.30. The van der Waals surface area contributed by atoms with Gasteiger partial charge in [0.1, 0.15) is 0 Å². The summed E-state index contributed by atoms with van der Waals surface area (Å²) in [5.41, 5.74) is -4.05. The maximum atomic E-state index is 12.1. The lowest BCUT2D eigenvalue weighted by Gasteiger charge is -2.14. The first-order valence-corrected chi connectivity index (χ1v) is 6.59. The summed E-state index contributed by atoms with van der Waals surface area (Å²) < 4.78 is 37.2. The molecule has 0 aliphatic heterocycles. The smallest absolute Gasteiger partial charge is 0.441 e. The summed E-state index contributed by atoms with van der Waals surface area (Å²) in [5, 5.41) is 8.79. The van der Waals surface area contributed by atoms with Gasteiger partial charge >= 0.3 is 17.2 Å². The third-order valence-electron chi connectivity index (χ3n) is 2.68. The highest BCUT2D eigenvalue weighted by molar-refractivity contribution is 8.00. The molecule has 0 unspecified atom stereocenters. The number of carboxylic acid groups (broad SMARTS) is 1. The standard InChI is InChI=1S/C11H13F3N2O3S/c1-6-8(5-9(17)18)7(2)16(10(19)15-6)3-4-20-11(12,13)14/h3-5H2,1-2H3,(H,17,18). The average molecular weight is 310 g/mol. The lowest BCUT2D eigenvalue weighted by Crippen LogP contribution is -2.29. The Balaban J connectivity index is 3.01. The second-order valence-corrected chi connectivity index (χ2v) is 5.22. The Kier molecular flexibility index (Phi) is 5.21. The summed E-state index contributed by atoms with van der Waals surface area (Å²) in [6, 6.07) is 0. The molecule has 1 N–H and O–H groups in total. The number of halogens is 3. The van der Waals surface area contributed by atoms with Gasteiger partial charge in [-0.1, -0.05) is 0 Å². The molecule has 1 rings (SSSR count). The van der Waals surface area contributed by atoms with E-state index in [1.807, 2.05) is 0 Å². The van der Waals surface area contributed by atoms with E-state index in [-0.39, 0.29) is 36.2 Å². The molecule has 20 heavy (non-hydrogen) atoms. The van der Waals surface area contributed by atoms with Gasteiger partial charge < -0.3 is 5.11 Å². The molecule has 0 spiro atoms. The van der Waals surface area contributed by atoms with Gasteiger partial charge in [0.05, 0.1) is 6.42 Å². The van der Waals surface area contributed by atoms with Gasteiger partial charge in [0, 0.05) is 29.2 Å². The SMILES string of the molecule is Cc1nc(=O)n(CCSC(F)(F)F)c(C)c1CC(=O)O. The van der Waals surface area contributed by atoms with Crippen LogP contribution in [0.5, 0.6) is 0 Å². The van der Waals surface area contributed by atoms with Gasteiger partial charge in [-0.25, -0.2) is 4.79 Å². The first-order chi connectivity index (χ1) is 9.11. The summed E-state index contributed by atoms with van der Waals surface area (Å²) >= 11 is -0.234. The Morgan fingerprint density at radius 1 is 1.40 bits per heavy atom. The van der Waals surface area contributed by atoms with E-state index in [4.69, 9.17) is 5.11 Å². The van der Waals surface area contributed by atoms with E-state index in [0.717, 1.165) is 4.57 Å². The Bertz CT molecular complexity index is 569. The number of carbonyl (C=O) groups is 1. The highest BCUT2D eigenvalue weighted by Gasteiger charge is 2.27. The molecule has 1 aromatic heterocycles. The number of aryl methyl sites for hydroxylation is 1. The number of aliphatic carboxylic acids is 1. The molecule has 0 saturated heterocycles. The molecule has 1 aromatic rings. The molecule has 0 aliphatic rings. The van der Waals surface area contributed by atoms with Gasteiger partial charge in [-0.2, -0.15) is 18.2 Å². The van der Waals surface area contributed by atoms with Crippen molar-refractivity contribution in [3.63, 3.8) is 0 Å². The minimum atomic E-state index is -4.36. The fourth-order valence-electron chi connectivity index (χ4n) is 1.76. The Hall–Kier alpha value is -1.51. The number of hydrogen-bond acceptors (Lipinski definition) is 4. The summed E-state index contributed by atoms with van der Waals surface area (Å²) in [6.07, 6.45) is -0.322. The van der Waals surface area contributed by atoms with Gasteiger partial charge in [-0.05, 0) is 25.6 Å². The van der Waals surface area contributed by atoms with Crippen LogP contribution in [0.2, 0.25) is 0 Å². The fourth-order valence-corrected chi connectivity index (χ4v) is 2.27. The van der Waals surface area contributed by atoms with Crippen LogP contribution in [0.15, 0.2) is 4.79 Å². The van der Waals surface area contributed by atoms with Gasteiger partial charge in [-0.3, -0.25) is 9.36 Å². The summed E-state index contributed by atoms with van der Waals surface area (Å²) in [5.74, 6) is -1.42. The molecule has 0 radical (unpaired) electrons. The largest absolute Gasteiger partial charge is 0.481 e. The number of carboxylic acids is 1. The van der Waals surface area contributed by atoms with E-state index >= 15 is 0 Å². The molecule has 0 saturated carbocycles. The van der Waals surface area contributed by atoms with Crippen molar-refractivity contribution in [1.82, 2.24) is 9.55 Å². The van der Waals surface area contributed by atoms with E-state index in [1.165, 1.54) is 13.8 Å². The van der Waals surface area contributed by atoms with Gasteiger partial charge in [0.25, 0.3) is 0 Å². The van der Waals surface area contributed by atoms with Crippen molar-refractivity contribution in [2.45, 2.75) is 32.3 Å². The monoisotopic (exact) mass is 310 g/mol. The third kappa shape index (κ3) is 4.55. The van der Waals surface area contributed by atoms with Crippen LogP contribution in [-0.2, 0) is 17.8 Å². The molecule has 0 bridgehead atoms. The third-order valence-corrected chi connectivity index (χ3v) is 3.40. The van der Waals surface area contributed by atoms with Gasteiger partial charge in [-0.15, -0.1) is 0 Å². The minimum absolute atomic E-state index is 0.172. The number of aromatic nitrogens is 2. The van der Waals surface area contributed by atoms with Crippen molar-refractivity contribution in [3.8, 4) is 0 Å². The van der Waals surface area contributed by atoms with Crippen molar-refractivity contribution < 1.29 is 23.1 Å². The zero-order valence-corrected chi connectivity index (χ0v) is 11.6. The predicted molar refractivity (Wildman–Crippen MR) is 67.8 cm³/mol. The van der Waals surface area contributed by atoms with Crippen LogP contribution in [0.25, 0.3) is 0 Å². The van der Waals surface area contributed by atoms with Crippen molar-refractivity contribution in [1.29, 1.82) is 0 Å². The maximum absolute atomic E-state index is 12.1. The number of hydrogen-bond donors (Lipinski definition) is 1. The summed E-state index contributed by atoms with van der Waals surface area (Å²) in [7, 11) is 0. The van der Waals surface area contributed by atoms with Gasteiger partial charge in [0.2, 0.25) is 0 Å². The molecule has 9 heteroatoms. The lowest BCUT2D eigenvalue weighted by molar-refractivity contribution is -0.136. The molecule has 0 fully saturated rings. The second-order valence-electron chi connectivity index (χ2n) is 4.06. The molecule has 0 atom stereocenters. The summed E-state index contributed by atoms with van der Waals surface area (Å²) in [6.45, 7) is 2.84.